The smallest absolute Gasteiger partial charge is 0.228 e. The van der Waals surface area contributed by atoms with Gasteiger partial charge in [0.1, 0.15) is 10.6 Å². The van der Waals surface area contributed by atoms with Crippen LogP contribution in [0.5, 0.6) is 0 Å². The third kappa shape index (κ3) is 6.27. The molecule has 0 bridgehead atoms. The fourth-order valence-electron chi connectivity index (χ4n) is 5.81. The fourth-order valence-corrected chi connectivity index (χ4v) is 6.75. The maximum Gasteiger partial charge on any atom is 0.228 e. The molecule has 2 fully saturated rings. The third-order valence-corrected chi connectivity index (χ3v) is 8.83. The van der Waals surface area contributed by atoms with Crippen molar-refractivity contribution in [1.82, 2.24) is 19.8 Å². The zero-order valence-electron chi connectivity index (χ0n) is 23.0. The first-order chi connectivity index (χ1) is 18.4. The van der Waals surface area contributed by atoms with Gasteiger partial charge in [-0.2, -0.15) is 4.98 Å². The fraction of sp³-hybridized carbons (Fsp3) is 0.552. The van der Waals surface area contributed by atoms with Crippen molar-refractivity contribution in [1.29, 1.82) is 0 Å². The first-order valence-electron chi connectivity index (χ1n) is 13.8. The standard InChI is InChI=1S/C29H41N7OS/c1-33(2)15-16-34(3)18-21-9-12-35(13-10-21)27-26-24(23-7-5-4-6-8-23)20-38-28(26)32-29(31-27)36-14-11-22(19-36)17-25(30)37/h4-8,20-22H,9-19H2,1-3H3,(H2,30,37). The molecule has 204 valence electrons. The van der Waals surface area contributed by atoms with Crippen LogP contribution in [0.4, 0.5) is 11.8 Å². The van der Waals surface area contributed by atoms with Gasteiger partial charge in [0.25, 0.3) is 0 Å². The van der Waals surface area contributed by atoms with Crippen molar-refractivity contribution in [3.63, 3.8) is 0 Å². The molecule has 2 aliphatic rings. The van der Waals surface area contributed by atoms with Gasteiger partial charge in [-0.25, -0.2) is 4.98 Å². The van der Waals surface area contributed by atoms with Crippen LogP contribution in [-0.2, 0) is 4.79 Å². The average Bonchev–Trinajstić information content (AvgIpc) is 3.55. The van der Waals surface area contributed by atoms with E-state index in [1.54, 1.807) is 11.3 Å². The molecule has 0 aliphatic carbocycles. The van der Waals surface area contributed by atoms with Crippen LogP contribution < -0.4 is 15.5 Å². The largest absolute Gasteiger partial charge is 0.370 e. The van der Waals surface area contributed by atoms with E-state index in [-0.39, 0.29) is 11.8 Å². The molecule has 5 rings (SSSR count). The number of primary amides is 1. The molecular formula is C29H41N7OS. The predicted molar refractivity (Wildman–Crippen MR) is 158 cm³/mol. The van der Waals surface area contributed by atoms with Gasteiger partial charge >= 0.3 is 0 Å². The number of carbonyl (C=O) groups excluding carboxylic acids is 1. The van der Waals surface area contributed by atoms with Crippen molar-refractivity contribution in [2.75, 3.05) is 76.8 Å². The summed E-state index contributed by atoms with van der Waals surface area (Å²) in [6.07, 6.45) is 3.72. The topological polar surface area (TPSA) is 81.8 Å². The zero-order chi connectivity index (χ0) is 26.6. The van der Waals surface area contributed by atoms with E-state index in [9.17, 15) is 4.79 Å². The summed E-state index contributed by atoms with van der Waals surface area (Å²) in [5.41, 5.74) is 7.90. The van der Waals surface area contributed by atoms with E-state index in [0.717, 1.165) is 68.8 Å². The van der Waals surface area contributed by atoms with E-state index in [0.29, 0.717) is 12.3 Å². The van der Waals surface area contributed by atoms with Crippen molar-refractivity contribution < 1.29 is 4.79 Å². The predicted octanol–water partition coefficient (Wildman–Crippen LogP) is 3.77. The number of nitrogens with two attached hydrogens (primary N) is 1. The summed E-state index contributed by atoms with van der Waals surface area (Å²) in [6, 6.07) is 10.6. The van der Waals surface area contributed by atoms with Crippen LogP contribution in [0.15, 0.2) is 35.7 Å². The van der Waals surface area contributed by atoms with Gasteiger partial charge in [-0.1, -0.05) is 30.3 Å². The van der Waals surface area contributed by atoms with Crippen molar-refractivity contribution in [2.24, 2.45) is 17.6 Å². The quantitative estimate of drug-likeness (QED) is 0.423. The number of benzene rings is 1. The van der Waals surface area contributed by atoms with Crippen LogP contribution in [-0.4, -0.2) is 92.6 Å². The van der Waals surface area contributed by atoms with Crippen molar-refractivity contribution in [2.45, 2.75) is 25.7 Å². The van der Waals surface area contributed by atoms with Gasteiger partial charge in [0.15, 0.2) is 0 Å². The number of carbonyl (C=O) groups is 1. The second kappa shape index (κ2) is 12.0. The van der Waals surface area contributed by atoms with E-state index < -0.39 is 0 Å². The molecule has 3 aromatic rings. The highest BCUT2D eigenvalue weighted by atomic mass is 32.1. The molecule has 0 radical (unpaired) electrons. The highest BCUT2D eigenvalue weighted by Crippen LogP contribution is 2.41. The van der Waals surface area contributed by atoms with E-state index in [1.165, 1.54) is 29.4 Å². The monoisotopic (exact) mass is 535 g/mol. The van der Waals surface area contributed by atoms with Crippen molar-refractivity contribution in [3.05, 3.63) is 35.7 Å². The summed E-state index contributed by atoms with van der Waals surface area (Å²) in [4.78, 5) is 32.2. The van der Waals surface area contributed by atoms with E-state index in [4.69, 9.17) is 15.7 Å². The molecule has 1 unspecified atom stereocenters. The van der Waals surface area contributed by atoms with Gasteiger partial charge in [-0.3, -0.25) is 4.79 Å². The van der Waals surface area contributed by atoms with Gasteiger partial charge in [0.2, 0.25) is 11.9 Å². The number of piperidine rings is 1. The highest BCUT2D eigenvalue weighted by molar-refractivity contribution is 7.17. The molecule has 2 saturated heterocycles. The number of thiophene rings is 1. The summed E-state index contributed by atoms with van der Waals surface area (Å²) >= 11 is 1.70. The lowest BCUT2D eigenvalue weighted by Crippen LogP contribution is -2.39. The summed E-state index contributed by atoms with van der Waals surface area (Å²) in [7, 11) is 6.52. The minimum Gasteiger partial charge on any atom is -0.370 e. The second-order valence-electron chi connectivity index (χ2n) is 11.3. The molecule has 2 aliphatic heterocycles. The molecule has 38 heavy (non-hydrogen) atoms. The number of aromatic nitrogens is 2. The van der Waals surface area contributed by atoms with Gasteiger partial charge in [-0.15, -0.1) is 11.3 Å². The molecule has 9 heteroatoms. The van der Waals surface area contributed by atoms with Crippen LogP contribution in [0.25, 0.3) is 21.3 Å². The van der Waals surface area contributed by atoms with Gasteiger partial charge < -0.3 is 25.3 Å². The normalized spacial score (nSPS) is 18.8. The molecule has 2 N–H and O–H groups in total. The average molecular weight is 536 g/mol. The Morgan fingerprint density at radius 3 is 2.42 bits per heavy atom. The minimum atomic E-state index is -0.227. The van der Waals surface area contributed by atoms with Crippen LogP contribution in [0.3, 0.4) is 0 Å². The van der Waals surface area contributed by atoms with Crippen LogP contribution in [0.1, 0.15) is 25.7 Å². The first kappa shape index (κ1) is 26.8. The zero-order valence-corrected chi connectivity index (χ0v) is 23.8. The van der Waals surface area contributed by atoms with E-state index >= 15 is 0 Å². The molecule has 1 amide bonds. The molecule has 8 nitrogen and oxygen atoms in total. The van der Waals surface area contributed by atoms with E-state index in [1.807, 2.05) is 0 Å². The highest BCUT2D eigenvalue weighted by Gasteiger charge is 2.29. The maximum absolute atomic E-state index is 11.5. The molecule has 4 heterocycles. The number of hydrogen-bond acceptors (Lipinski definition) is 8. The molecule has 0 spiro atoms. The van der Waals surface area contributed by atoms with Gasteiger partial charge in [0, 0.05) is 63.2 Å². The Hall–Kier alpha value is -2.75. The summed E-state index contributed by atoms with van der Waals surface area (Å²) in [6.45, 7) is 7.00. The van der Waals surface area contributed by atoms with Crippen LogP contribution in [0, 0.1) is 11.8 Å². The Kier molecular flexibility index (Phi) is 8.45. The number of rotatable bonds is 10. The lowest BCUT2D eigenvalue weighted by Gasteiger charge is -2.35. The summed E-state index contributed by atoms with van der Waals surface area (Å²) in [5, 5.41) is 3.40. The number of anilines is 2. The Labute approximate surface area is 230 Å². The lowest BCUT2D eigenvalue weighted by atomic mass is 9.96. The SMILES string of the molecule is CN(C)CCN(C)CC1CCN(c2nc(N3CCC(CC(N)=O)C3)nc3scc(-c4ccccc4)c23)CC1. The van der Waals surface area contributed by atoms with Crippen molar-refractivity contribution in [3.8, 4) is 11.1 Å². The molecule has 2 aromatic heterocycles. The molecular weight excluding hydrogens is 494 g/mol. The first-order valence-corrected chi connectivity index (χ1v) is 14.7. The number of nitrogens with zero attached hydrogens (tertiary/aromatic N) is 6. The number of fused-ring (bicyclic) bond motifs is 1. The molecule has 1 aromatic carbocycles. The lowest BCUT2D eigenvalue weighted by molar-refractivity contribution is -0.118. The van der Waals surface area contributed by atoms with Crippen LogP contribution in [0.2, 0.25) is 0 Å². The number of amides is 1. The summed E-state index contributed by atoms with van der Waals surface area (Å²) in [5.74, 6) is 2.60. The minimum absolute atomic E-state index is 0.227. The Bertz CT molecular complexity index is 1220. The Morgan fingerprint density at radius 2 is 1.71 bits per heavy atom. The summed E-state index contributed by atoms with van der Waals surface area (Å²) < 4.78 is 0. The molecule has 0 saturated carbocycles. The van der Waals surface area contributed by atoms with Crippen LogP contribution >= 0.6 is 11.3 Å². The van der Waals surface area contributed by atoms with Crippen molar-refractivity contribution >= 4 is 39.2 Å². The third-order valence-electron chi connectivity index (χ3n) is 7.96. The second-order valence-corrected chi connectivity index (χ2v) is 12.2. The number of hydrogen-bond donors (Lipinski definition) is 1. The number of likely N-dealkylation sites (N-methyl/N-ethyl adjacent to an activating group) is 2. The van der Waals surface area contributed by atoms with Gasteiger partial charge in [0.05, 0.1) is 5.39 Å². The Morgan fingerprint density at radius 1 is 1.00 bits per heavy atom. The maximum atomic E-state index is 11.5. The van der Waals surface area contributed by atoms with Gasteiger partial charge in [-0.05, 0) is 57.8 Å². The Balaban J connectivity index is 1.39. The molecule has 1 atom stereocenters. The van der Waals surface area contributed by atoms with E-state index in [2.05, 4.69) is 76.5 Å².